The molecule has 0 aliphatic carbocycles. The van der Waals surface area contributed by atoms with Crippen LogP contribution in [0.1, 0.15) is 18.5 Å². The molecule has 0 aliphatic heterocycles. The number of amides is 4. The highest BCUT2D eigenvalue weighted by molar-refractivity contribution is 7.98. The van der Waals surface area contributed by atoms with Gasteiger partial charge in [-0.1, -0.05) is 0 Å². The van der Waals surface area contributed by atoms with Gasteiger partial charge in [0, 0.05) is 18.3 Å². The Morgan fingerprint density at radius 2 is 1.77 bits per heavy atom. The van der Waals surface area contributed by atoms with Gasteiger partial charge < -0.3 is 37.5 Å². The van der Waals surface area contributed by atoms with E-state index in [0.717, 1.165) is 0 Å². The van der Waals surface area contributed by atoms with E-state index in [0.29, 0.717) is 11.4 Å². The lowest BCUT2D eigenvalue weighted by atomic mass is 10.1. The summed E-state index contributed by atoms with van der Waals surface area (Å²) in [5.41, 5.74) is 10.9. The average Bonchev–Trinajstić information content (AvgIpc) is 3.22. The molecule has 0 fully saturated rings. The van der Waals surface area contributed by atoms with Crippen LogP contribution in [0.4, 0.5) is 0 Å². The first-order chi connectivity index (χ1) is 14.7. The van der Waals surface area contributed by atoms with E-state index in [1.807, 2.05) is 0 Å². The van der Waals surface area contributed by atoms with Gasteiger partial charge in [0.25, 0.3) is 0 Å². The number of aromatic nitrogens is 2. The number of nitrogens with two attached hydrogens (primary N) is 2. The first-order valence-electron chi connectivity index (χ1n) is 9.25. The topological polar surface area (TPSA) is 222 Å². The second-order valence-electron chi connectivity index (χ2n) is 6.52. The number of hydrogen-bond acceptors (Lipinski definition) is 8. The van der Waals surface area contributed by atoms with E-state index in [2.05, 4.69) is 25.9 Å². The maximum atomic E-state index is 12.8. The molecule has 0 spiro atoms. The number of carbonyl (C=O) groups is 5. The number of imidazole rings is 1. The number of nitrogens with one attached hydrogen (secondary N) is 4. The quantitative estimate of drug-likeness (QED) is 0.152. The van der Waals surface area contributed by atoms with Crippen molar-refractivity contribution in [1.29, 1.82) is 0 Å². The number of carboxylic acids is 1. The largest absolute Gasteiger partial charge is 0.480 e. The third-order valence-electron chi connectivity index (χ3n) is 4.08. The Morgan fingerprint density at radius 3 is 2.29 bits per heavy atom. The highest BCUT2D eigenvalue weighted by atomic mass is 32.2. The molecule has 0 bridgehead atoms. The Hall–Kier alpha value is -3.13. The highest BCUT2D eigenvalue weighted by Crippen LogP contribution is 2.05. The Balaban J connectivity index is 2.95. The molecule has 0 saturated heterocycles. The van der Waals surface area contributed by atoms with E-state index >= 15 is 0 Å². The fourth-order valence-electron chi connectivity index (χ4n) is 2.53. The van der Waals surface area contributed by atoms with Crippen LogP contribution < -0.4 is 27.4 Å². The summed E-state index contributed by atoms with van der Waals surface area (Å²) in [4.78, 5) is 66.2. The molecule has 0 saturated carbocycles. The van der Waals surface area contributed by atoms with Crippen LogP contribution in [0.5, 0.6) is 0 Å². The van der Waals surface area contributed by atoms with E-state index in [9.17, 15) is 29.1 Å². The van der Waals surface area contributed by atoms with Crippen molar-refractivity contribution in [3.63, 3.8) is 0 Å². The van der Waals surface area contributed by atoms with Crippen LogP contribution >= 0.6 is 11.8 Å². The van der Waals surface area contributed by atoms with Crippen LogP contribution in [0.3, 0.4) is 0 Å². The molecule has 0 aromatic carbocycles. The van der Waals surface area contributed by atoms with Crippen LogP contribution in [0, 0.1) is 0 Å². The van der Waals surface area contributed by atoms with Crippen molar-refractivity contribution >= 4 is 41.4 Å². The van der Waals surface area contributed by atoms with Gasteiger partial charge in [-0.2, -0.15) is 11.8 Å². The van der Waals surface area contributed by atoms with Gasteiger partial charge in [-0.05, 0) is 18.4 Å². The summed E-state index contributed by atoms with van der Waals surface area (Å²) in [6.45, 7) is -0.337. The van der Waals surface area contributed by atoms with E-state index in [4.69, 9.17) is 11.5 Å². The third-order valence-corrected chi connectivity index (χ3v) is 4.72. The number of nitrogens with zero attached hydrogens (tertiary/aromatic N) is 1. The minimum Gasteiger partial charge on any atom is -0.480 e. The molecule has 31 heavy (non-hydrogen) atoms. The standard InChI is InChI=1S/C17H27N7O6S/c1-31-3-2-10(15(27)24-12(17(29)30)5-13(19)25)23-16(28)11(22-14(26)6-18)4-9-7-20-8-21-9/h7-8,10-12H,2-6,18H2,1H3,(H2,19,25)(H,20,21)(H,22,26)(H,23,28)(H,24,27)(H,29,30). The molecule has 1 aromatic heterocycles. The maximum absolute atomic E-state index is 12.8. The smallest absolute Gasteiger partial charge is 0.326 e. The fraction of sp³-hybridized carbons (Fsp3) is 0.529. The van der Waals surface area contributed by atoms with Gasteiger partial charge in [0.15, 0.2) is 0 Å². The van der Waals surface area contributed by atoms with Crippen molar-refractivity contribution in [3.8, 4) is 0 Å². The van der Waals surface area contributed by atoms with Gasteiger partial charge in [-0.3, -0.25) is 19.2 Å². The molecule has 9 N–H and O–H groups in total. The minimum absolute atomic E-state index is 0.0634. The number of carbonyl (C=O) groups excluding carboxylic acids is 4. The van der Waals surface area contributed by atoms with Crippen molar-refractivity contribution in [2.75, 3.05) is 18.6 Å². The number of rotatable bonds is 14. The van der Waals surface area contributed by atoms with Crippen molar-refractivity contribution in [2.45, 2.75) is 37.4 Å². The lowest BCUT2D eigenvalue weighted by Crippen LogP contribution is -2.57. The molecule has 3 unspecified atom stereocenters. The summed E-state index contributed by atoms with van der Waals surface area (Å²) < 4.78 is 0. The van der Waals surface area contributed by atoms with Crippen molar-refractivity contribution < 1.29 is 29.1 Å². The number of carboxylic acid groups (broad SMARTS) is 1. The molecule has 1 heterocycles. The number of H-pyrrole nitrogens is 1. The van der Waals surface area contributed by atoms with Crippen LogP contribution in [-0.2, 0) is 30.4 Å². The van der Waals surface area contributed by atoms with Gasteiger partial charge in [-0.25, -0.2) is 9.78 Å². The molecular weight excluding hydrogens is 430 g/mol. The van der Waals surface area contributed by atoms with Crippen molar-refractivity contribution in [2.24, 2.45) is 11.5 Å². The Labute approximate surface area is 182 Å². The van der Waals surface area contributed by atoms with Gasteiger partial charge in [-0.15, -0.1) is 0 Å². The lowest BCUT2D eigenvalue weighted by molar-refractivity contribution is -0.143. The summed E-state index contributed by atoms with van der Waals surface area (Å²) in [6, 6.07) is -3.69. The van der Waals surface area contributed by atoms with E-state index in [1.54, 1.807) is 6.26 Å². The summed E-state index contributed by atoms with van der Waals surface area (Å²) >= 11 is 1.42. The van der Waals surface area contributed by atoms with E-state index < -0.39 is 54.1 Å². The predicted molar refractivity (Wildman–Crippen MR) is 112 cm³/mol. The number of hydrogen-bond donors (Lipinski definition) is 7. The second-order valence-corrected chi connectivity index (χ2v) is 7.50. The Morgan fingerprint density at radius 1 is 1.13 bits per heavy atom. The first kappa shape index (κ1) is 25.9. The fourth-order valence-corrected chi connectivity index (χ4v) is 3.00. The van der Waals surface area contributed by atoms with E-state index in [1.165, 1.54) is 24.3 Å². The molecule has 13 nitrogen and oxygen atoms in total. The number of aliphatic carboxylic acids is 1. The molecule has 3 atom stereocenters. The Bertz CT molecular complexity index is 773. The van der Waals surface area contributed by atoms with Crippen LogP contribution in [0.25, 0.3) is 0 Å². The van der Waals surface area contributed by atoms with E-state index in [-0.39, 0.29) is 19.4 Å². The second kappa shape index (κ2) is 13.2. The van der Waals surface area contributed by atoms with Gasteiger partial charge in [0.1, 0.15) is 18.1 Å². The zero-order valence-corrected chi connectivity index (χ0v) is 17.7. The molecule has 14 heteroatoms. The van der Waals surface area contributed by atoms with Gasteiger partial charge in [0.05, 0.1) is 19.3 Å². The highest BCUT2D eigenvalue weighted by Gasteiger charge is 2.30. The van der Waals surface area contributed by atoms with Crippen LogP contribution in [-0.4, -0.2) is 81.4 Å². The first-order valence-corrected chi connectivity index (χ1v) is 10.6. The number of aromatic amines is 1. The molecule has 1 aromatic rings. The van der Waals surface area contributed by atoms with Crippen LogP contribution in [0.2, 0.25) is 0 Å². The van der Waals surface area contributed by atoms with Crippen molar-refractivity contribution in [3.05, 3.63) is 18.2 Å². The van der Waals surface area contributed by atoms with Gasteiger partial charge >= 0.3 is 5.97 Å². The lowest BCUT2D eigenvalue weighted by Gasteiger charge is -2.24. The Kier molecular flexibility index (Phi) is 11.1. The normalized spacial score (nSPS) is 13.5. The number of thioether (sulfide) groups is 1. The molecular formula is C17H27N7O6S. The van der Waals surface area contributed by atoms with Crippen molar-refractivity contribution in [1.82, 2.24) is 25.9 Å². The summed E-state index contributed by atoms with van der Waals surface area (Å²) in [5.74, 6) is -3.89. The SMILES string of the molecule is CSCCC(NC(=O)C(Cc1cnc[nH]1)NC(=O)CN)C(=O)NC(CC(N)=O)C(=O)O. The third kappa shape index (κ3) is 9.48. The zero-order valence-electron chi connectivity index (χ0n) is 16.9. The maximum Gasteiger partial charge on any atom is 0.326 e. The minimum atomic E-state index is -1.53. The molecule has 0 radical (unpaired) electrons. The summed E-state index contributed by atoms with van der Waals surface area (Å²) in [6.07, 6.45) is 4.34. The predicted octanol–water partition coefficient (Wildman–Crippen LogP) is -2.92. The average molecular weight is 458 g/mol. The summed E-state index contributed by atoms with van der Waals surface area (Å²) in [7, 11) is 0. The molecule has 0 aliphatic rings. The summed E-state index contributed by atoms with van der Waals surface area (Å²) in [5, 5.41) is 16.4. The van der Waals surface area contributed by atoms with Gasteiger partial charge in [0.2, 0.25) is 23.6 Å². The molecule has 1 rings (SSSR count). The molecule has 4 amide bonds. The zero-order chi connectivity index (χ0) is 23.4. The molecule has 172 valence electrons. The number of primary amides is 1. The monoisotopic (exact) mass is 457 g/mol. The van der Waals surface area contributed by atoms with Crippen LogP contribution in [0.15, 0.2) is 12.5 Å².